The van der Waals surface area contributed by atoms with Crippen molar-refractivity contribution in [3.63, 3.8) is 0 Å². The lowest BCUT2D eigenvalue weighted by Crippen LogP contribution is -2.48. The number of nitriles is 1. The standard InChI is InChI=1S/C17H23NO2/c1-11(3-15(10-18)16(19)20-2)17-7-12-4-13(8-17)6-14(5-12)9-17/h3,11-14H,4-9H2,1-2H3/b15-3+. The Morgan fingerprint density at radius 1 is 1.25 bits per heavy atom. The number of carbonyl (C=O) groups excluding carboxylic acids is 1. The second-order valence-corrected chi connectivity index (χ2v) is 7.25. The Morgan fingerprint density at radius 2 is 1.75 bits per heavy atom. The normalized spacial score (nSPS) is 40.2. The summed E-state index contributed by atoms with van der Waals surface area (Å²) in [6, 6.07) is 2.00. The molecule has 1 atom stereocenters. The van der Waals surface area contributed by atoms with Crippen LogP contribution >= 0.6 is 0 Å². The SMILES string of the molecule is COC(=O)/C(C#N)=C/C(C)C12CC3CC(CC(C3)C1)C2. The summed E-state index contributed by atoms with van der Waals surface area (Å²) in [6.45, 7) is 2.19. The Hall–Kier alpha value is -1.30. The molecule has 4 fully saturated rings. The minimum atomic E-state index is -0.496. The zero-order valence-corrected chi connectivity index (χ0v) is 12.4. The van der Waals surface area contributed by atoms with Gasteiger partial charge in [-0.2, -0.15) is 5.26 Å². The van der Waals surface area contributed by atoms with Crippen molar-refractivity contribution in [2.45, 2.75) is 45.4 Å². The van der Waals surface area contributed by atoms with Crippen LogP contribution in [0.1, 0.15) is 45.4 Å². The maximum atomic E-state index is 11.6. The summed E-state index contributed by atoms with van der Waals surface area (Å²) in [6.07, 6.45) is 9.98. The first kappa shape index (κ1) is 13.7. The van der Waals surface area contributed by atoms with Gasteiger partial charge in [0.1, 0.15) is 11.6 Å². The quantitative estimate of drug-likeness (QED) is 0.449. The third-order valence-corrected chi connectivity index (χ3v) is 5.99. The fraction of sp³-hybridized carbons (Fsp3) is 0.765. The van der Waals surface area contributed by atoms with Crippen LogP contribution in [0.25, 0.3) is 0 Å². The van der Waals surface area contributed by atoms with Gasteiger partial charge >= 0.3 is 5.97 Å². The van der Waals surface area contributed by atoms with Crippen molar-refractivity contribution in [3.05, 3.63) is 11.6 Å². The van der Waals surface area contributed by atoms with Crippen molar-refractivity contribution in [1.82, 2.24) is 0 Å². The number of ether oxygens (including phenoxy) is 1. The molecule has 4 rings (SSSR count). The Kier molecular flexibility index (Phi) is 3.36. The van der Waals surface area contributed by atoms with Crippen molar-refractivity contribution in [2.75, 3.05) is 7.11 Å². The van der Waals surface area contributed by atoms with Crippen LogP contribution in [0, 0.1) is 40.4 Å². The number of rotatable bonds is 3. The van der Waals surface area contributed by atoms with Gasteiger partial charge in [0.25, 0.3) is 0 Å². The molecular weight excluding hydrogens is 250 g/mol. The summed E-state index contributed by atoms with van der Waals surface area (Å²) in [7, 11) is 1.34. The van der Waals surface area contributed by atoms with Gasteiger partial charge in [-0.1, -0.05) is 13.0 Å². The van der Waals surface area contributed by atoms with Gasteiger partial charge < -0.3 is 4.74 Å². The Morgan fingerprint density at radius 3 is 2.15 bits per heavy atom. The zero-order valence-electron chi connectivity index (χ0n) is 12.4. The molecule has 3 heteroatoms. The summed E-state index contributed by atoms with van der Waals surface area (Å²) >= 11 is 0. The number of carbonyl (C=O) groups is 1. The molecule has 0 radical (unpaired) electrons. The molecule has 3 nitrogen and oxygen atoms in total. The van der Waals surface area contributed by atoms with E-state index in [1.54, 1.807) is 0 Å². The van der Waals surface area contributed by atoms with Gasteiger partial charge in [0, 0.05) is 0 Å². The van der Waals surface area contributed by atoms with Crippen LogP contribution in [-0.4, -0.2) is 13.1 Å². The predicted molar refractivity (Wildman–Crippen MR) is 75.5 cm³/mol. The summed E-state index contributed by atoms with van der Waals surface area (Å²) < 4.78 is 4.69. The summed E-state index contributed by atoms with van der Waals surface area (Å²) in [5.41, 5.74) is 0.515. The maximum absolute atomic E-state index is 11.6. The number of allylic oxidation sites excluding steroid dienone is 1. The topological polar surface area (TPSA) is 50.1 Å². The molecule has 4 aliphatic carbocycles. The van der Waals surface area contributed by atoms with Crippen molar-refractivity contribution < 1.29 is 9.53 Å². The molecule has 4 saturated carbocycles. The van der Waals surface area contributed by atoms with Crippen molar-refractivity contribution >= 4 is 5.97 Å². The summed E-state index contributed by atoms with van der Waals surface area (Å²) in [5, 5.41) is 9.14. The molecule has 108 valence electrons. The van der Waals surface area contributed by atoms with Gasteiger partial charge in [-0.25, -0.2) is 4.79 Å². The average Bonchev–Trinajstić information content (AvgIpc) is 2.42. The number of hydrogen-bond acceptors (Lipinski definition) is 3. The van der Waals surface area contributed by atoms with Crippen LogP contribution in [0.2, 0.25) is 0 Å². The van der Waals surface area contributed by atoms with Crippen molar-refractivity contribution in [3.8, 4) is 6.07 Å². The Labute approximate surface area is 121 Å². The predicted octanol–water partition coefficient (Wildman–Crippen LogP) is 3.46. The van der Waals surface area contributed by atoms with E-state index in [9.17, 15) is 4.79 Å². The van der Waals surface area contributed by atoms with Crippen LogP contribution in [-0.2, 0) is 9.53 Å². The Balaban J connectivity index is 1.83. The summed E-state index contributed by atoms with van der Waals surface area (Å²) in [4.78, 5) is 11.6. The molecule has 0 heterocycles. The maximum Gasteiger partial charge on any atom is 0.348 e. The van der Waals surface area contributed by atoms with Gasteiger partial charge in [0.05, 0.1) is 7.11 Å². The van der Waals surface area contributed by atoms with Gasteiger partial charge in [-0.3, -0.25) is 0 Å². The van der Waals surface area contributed by atoms with E-state index in [0.29, 0.717) is 11.3 Å². The molecule has 4 aliphatic rings. The number of hydrogen-bond donors (Lipinski definition) is 0. The minimum Gasteiger partial charge on any atom is -0.465 e. The molecule has 0 saturated heterocycles. The molecule has 0 aromatic rings. The smallest absolute Gasteiger partial charge is 0.348 e. The van der Waals surface area contributed by atoms with E-state index in [0.717, 1.165) is 17.8 Å². The minimum absolute atomic E-state index is 0.177. The highest BCUT2D eigenvalue weighted by Gasteiger charge is 2.52. The van der Waals surface area contributed by atoms with Crippen LogP contribution in [0.4, 0.5) is 0 Å². The molecule has 4 bridgehead atoms. The number of esters is 1. The monoisotopic (exact) mass is 273 g/mol. The fourth-order valence-electron chi connectivity index (χ4n) is 5.42. The highest BCUT2D eigenvalue weighted by molar-refractivity contribution is 5.92. The lowest BCUT2D eigenvalue weighted by atomic mass is 9.46. The largest absolute Gasteiger partial charge is 0.465 e. The van der Waals surface area contributed by atoms with E-state index >= 15 is 0 Å². The van der Waals surface area contributed by atoms with Gasteiger partial charge in [-0.05, 0) is 67.6 Å². The second kappa shape index (κ2) is 4.91. The Bertz CT molecular complexity index is 450. The third kappa shape index (κ3) is 2.16. The highest BCUT2D eigenvalue weighted by atomic mass is 16.5. The highest BCUT2D eigenvalue weighted by Crippen LogP contribution is 2.62. The third-order valence-electron chi connectivity index (χ3n) is 5.99. The van der Waals surface area contributed by atoms with E-state index in [4.69, 9.17) is 10.00 Å². The molecule has 0 spiro atoms. The zero-order chi connectivity index (χ0) is 14.3. The summed E-state index contributed by atoms with van der Waals surface area (Å²) in [5.74, 6) is 2.47. The first-order chi connectivity index (χ1) is 9.56. The first-order valence-electron chi connectivity index (χ1n) is 7.76. The van der Waals surface area contributed by atoms with E-state index in [2.05, 4.69) is 6.92 Å². The van der Waals surface area contributed by atoms with E-state index in [1.807, 2.05) is 12.1 Å². The van der Waals surface area contributed by atoms with E-state index < -0.39 is 5.97 Å². The first-order valence-corrected chi connectivity index (χ1v) is 7.76. The fourth-order valence-corrected chi connectivity index (χ4v) is 5.42. The number of methoxy groups -OCH3 is 1. The van der Waals surface area contributed by atoms with E-state index in [1.165, 1.54) is 45.6 Å². The lowest BCUT2D eigenvalue weighted by molar-refractivity contribution is -0.135. The van der Waals surface area contributed by atoms with Crippen molar-refractivity contribution in [2.24, 2.45) is 29.1 Å². The molecular formula is C17H23NO2. The lowest BCUT2D eigenvalue weighted by Gasteiger charge is -2.58. The van der Waals surface area contributed by atoms with Crippen molar-refractivity contribution in [1.29, 1.82) is 5.26 Å². The molecule has 0 aromatic carbocycles. The molecule has 0 aliphatic heterocycles. The molecule has 0 amide bonds. The van der Waals surface area contributed by atoms with Crippen LogP contribution in [0.3, 0.4) is 0 Å². The molecule has 0 aromatic heterocycles. The van der Waals surface area contributed by atoms with Gasteiger partial charge in [-0.15, -0.1) is 0 Å². The van der Waals surface area contributed by atoms with E-state index in [-0.39, 0.29) is 5.57 Å². The average molecular weight is 273 g/mol. The van der Waals surface area contributed by atoms with Crippen LogP contribution < -0.4 is 0 Å². The van der Waals surface area contributed by atoms with Crippen LogP contribution in [0.15, 0.2) is 11.6 Å². The molecule has 1 unspecified atom stereocenters. The van der Waals surface area contributed by atoms with Gasteiger partial charge in [0.15, 0.2) is 0 Å². The van der Waals surface area contributed by atoms with Gasteiger partial charge in [0.2, 0.25) is 0 Å². The second-order valence-electron chi connectivity index (χ2n) is 7.25. The van der Waals surface area contributed by atoms with Crippen LogP contribution in [0.5, 0.6) is 0 Å². The molecule has 20 heavy (non-hydrogen) atoms. The number of nitrogens with zero attached hydrogens (tertiary/aromatic N) is 1. The molecule has 0 N–H and O–H groups in total.